The number of hydrogen-bond acceptors (Lipinski definition) is 4. The van der Waals surface area contributed by atoms with Crippen molar-refractivity contribution in [1.82, 2.24) is 15.0 Å². The number of pyridine rings is 3. The zero-order chi connectivity index (χ0) is 40.9. The second kappa shape index (κ2) is 13.9. The first-order valence-corrected chi connectivity index (χ1v) is 15.5. The third-order valence-corrected chi connectivity index (χ3v) is 8.22. The molecule has 245 valence electrons. The van der Waals surface area contributed by atoms with Gasteiger partial charge in [-0.3, -0.25) is 0 Å². The Balaban J connectivity index is 0.000000280. The van der Waals surface area contributed by atoms with Crippen LogP contribution in [0.2, 0.25) is 0 Å². The molecule has 0 amide bonds. The Kier molecular flexibility index (Phi) is 6.86. The molecule has 4 heterocycles. The summed E-state index contributed by atoms with van der Waals surface area (Å²) in [5.41, 5.74) is 6.15. The van der Waals surface area contributed by atoms with Gasteiger partial charge in [0.2, 0.25) is 5.71 Å². The molecule has 4 nitrogen and oxygen atoms in total. The number of rotatable bonds is 3. The molecular formula is C44H37IrN3O-2. The molecule has 8 aromatic rings. The molecule has 0 fully saturated rings. The number of nitrogens with zero attached hydrogens (tertiary/aromatic N) is 3. The van der Waals surface area contributed by atoms with Crippen LogP contribution in [0.15, 0.2) is 120 Å². The zero-order valence-electron chi connectivity index (χ0n) is 36.1. The molecule has 0 saturated carbocycles. The van der Waals surface area contributed by atoms with Gasteiger partial charge in [0, 0.05) is 55.9 Å². The van der Waals surface area contributed by atoms with Gasteiger partial charge in [-0.2, -0.15) is 0 Å². The van der Waals surface area contributed by atoms with Crippen LogP contribution >= 0.6 is 0 Å². The minimum absolute atomic E-state index is 0. The molecule has 0 N–H and O–H groups in total. The first kappa shape index (κ1) is 24.2. The molecule has 5 heteroatoms. The second-order valence-electron chi connectivity index (χ2n) is 12.6. The maximum Gasteiger partial charge on any atom is 0.216 e. The summed E-state index contributed by atoms with van der Waals surface area (Å²) in [6.45, 7) is -0.316. The van der Waals surface area contributed by atoms with Gasteiger partial charge >= 0.3 is 0 Å². The van der Waals surface area contributed by atoms with Crippen LogP contribution < -0.4 is 0 Å². The molecule has 4 aromatic heterocycles. The molecule has 0 aliphatic heterocycles. The number of fused-ring (bicyclic) bond motifs is 4. The van der Waals surface area contributed by atoms with E-state index in [1.54, 1.807) is 36.4 Å². The van der Waals surface area contributed by atoms with Crippen LogP contribution in [0, 0.1) is 32.7 Å². The van der Waals surface area contributed by atoms with Crippen molar-refractivity contribution in [2.75, 3.05) is 0 Å². The van der Waals surface area contributed by atoms with Crippen molar-refractivity contribution >= 4 is 32.8 Å². The average Bonchev–Trinajstić information content (AvgIpc) is 3.55. The number of aryl methyl sites for hydroxylation is 3. The number of hydrogen-bond donors (Lipinski definition) is 0. The summed E-state index contributed by atoms with van der Waals surface area (Å²) < 4.78 is 75.4. The molecule has 0 unspecified atom stereocenters. The fourth-order valence-electron chi connectivity index (χ4n) is 5.63. The van der Waals surface area contributed by atoms with Gasteiger partial charge in [0.1, 0.15) is 0 Å². The van der Waals surface area contributed by atoms with E-state index in [2.05, 4.69) is 66.1 Å². The van der Waals surface area contributed by atoms with E-state index >= 15 is 0 Å². The monoisotopic (exact) mass is 825 g/mol. The predicted octanol–water partition coefficient (Wildman–Crippen LogP) is 11.4. The molecule has 1 radical (unpaired) electrons. The van der Waals surface area contributed by atoms with Crippen LogP contribution in [0.1, 0.15) is 55.5 Å². The molecule has 0 saturated heterocycles. The van der Waals surface area contributed by atoms with Gasteiger partial charge in [-0.05, 0) is 94.1 Å². The Morgan fingerprint density at radius 1 is 0.714 bits per heavy atom. The van der Waals surface area contributed by atoms with Crippen LogP contribution in [0.25, 0.3) is 66.5 Å². The van der Waals surface area contributed by atoms with Crippen molar-refractivity contribution in [3.63, 3.8) is 0 Å². The smallest absolute Gasteiger partial charge is 0.216 e. The average molecular weight is 825 g/mol. The third kappa shape index (κ3) is 7.10. The van der Waals surface area contributed by atoms with E-state index in [1.165, 1.54) is 24.0 Å². The molecule has 4 aromatic carbocycles. The van der Waals surface area contributed by atoms with Crippen molar-refractivity contribution in [2.24, 2.45) is 0 Å². The van der Waals surface area contributed by atoms with Gasteiger partial charge in [-0.25, -0.2) is 4.98 Å². The fraction of sp³-hybridized carbons (Fsp3) is 0.159. The molecule has 0 aliphatic rings. The van der Waals surface area contributed by atoms with Crippen molar-refractivity contribution in [3.8, 4) is 33.6 Å². The van der Waals surface area contributed by atoms with Gasteiger partial charge < -0.3 is 14.4 Å². The summed E-state index contributed by atoms with van der Waals surface area (Å²) in [7, 11) is 0. The van der Waals surface area contributed by atoms with Crippen LogP contribution in [0.5, 0.6) is 0 Å². The summed E-state index contributed by atoms with van der Waals surface area (Å²) in [5.74, 6) is 0. The molecule has 49 heavy (non-hydrogen) atoms. The summed E-state index contributed by atoms with van der Waals surface area (Å²) >= 11 is 0. The van der Waals surface area contributed by atoms with Crippen molar-refractivity contribution in [3.05, 3.63) is 150 Å². The SMILES string of the molecule is [2H]C([2H])([2H])c1ccc(-c2[c-]cccc2)nc1.[2H]C([2H])([2H])c1ccc2c(n1)oc1c(-c3cc(-c4ccc5cc(C(C)(C)C)ccc5c4)c(C([2H])([2H])[2H])cn3)[c-]ccc12.[Ir]. The second-order valence-corrected chi connectivity index (χ2v) is 12.6. The van der Waals surface area contributed by atoms with Crippen molar-refractivity contribution in [2.45, 2.75) is 46.7 Å². The Morgan fingerprint density at radius 3 is 2.33 bits per heavy atom. The van der Waals surface area contributed by atoms with Crippen LogP contribution in [-0.2, 0) is 25.5 Å². The first-order chi connectivity index (χ1) is 26.8. The molecular weight excluding hydrogens is 779 g/mol. The van der Waals surface area contributed by atoms with E-state index < -0.39 is 20.6 Å². The number of furan rings is 1. The van der Waals surface area contributed by atoms with Gasteiger partial charge in [0.15, 0.2) is 0 Å². The van der Waals surface area contributed by atoms with E-state index in [1.807, 2.05) is 42.5 Å². The minimum atomic E-state index is -2.38. The quantitative estimate of drug-likeness (QED) is 0.167. The Hall–Kier alpha value is -4.96. The maximum absolute atomic E-state index is 8.19. The topological polar surface area (TPSA) is 51.8 Å². The van der Waals surface area contributed by atoms with E-state index in [-0.39, 0.29) is 48.1 Å². The van der Waals surface area contributed by atoms with Crippen molar-refractivity contribution < 1.29 is 36.9 Å². The predicted molar refractivity (Wildman–Crippen MR) is 198 cm³/mol. The Labute approximate surface area is 314 Å². The summed E-state index contributed by atoms with van der Waals surface area (Å²) in [6, 6.07) is 37.8. The van der Waals surface area contributed by atoms with Gasteiger partial charge in [0.05, 0.1) is 5.58 Å². The van der Waals surface area contributed by atoms with Gasteiger partial charge in [-0.1, -0.05) is 80.3 Å². The summed E-state index contributed by atoms with van der Waals surface area (Å²) in [5, 5.41) is 3.50. The minimum Gasteiger partial charge on any atom is -0.486 e. The Bertz CT molecular complexity index is 2740. The van der Waals surface area contributed by atoms with E-state index in [0.29, 0.717) is 27.8 Å². The molecule has 0 bridgehead atoms. The third-order valence-electron chi connectivity index (χ3n) is 8.22. The first-order valence-electron chi connectivity index (χ1n) is 20.0. The fourth-order valence-corrected chi connectivity index (χ4v) is 5.63. The summed E-state index contributed by atoms with van der Waals surface area (Å²) in [6.07, 6.45) is 2.79. The van der Waals surface area contributed by atoms with Gasteiger partial charge in [-0.15, -0.1) is 54.1 Å². The zero-order valence-corrected chi connectivity index (χ0v) is 29.4. The largest absolute Gasteiger partial charge is 0.486 e. The van der Waals surface area contributed by atoms with E-state index in [4.69, 9.17) is 16.8 Å². The Morgan fingerprint density at radius 2 is 1.57 bits per heavy atom. The molecule has 0 aliphatic carbocycles. The van der Waals surface area contributed by atoms with E-state index in [0.717, 1.165) is 33.0 Å². The standard InChI is InChI=1S/C32H27N2O.C12H10N.Ir/c1-19-18-33-29(27-8-6-7-25-26-14-9-20(2)34-31(26)35-30(25)27)17-28(19)23-11-10-22-16-24(32(3,4)5)13-12-21(22)15-23;1-10-7-8-12(13-9-10)11-5-3-2-4-6-11;/h6-7,9-18H,1-5H3;2-5,7-9H,1H3;/q2*-1;/i1D3,2D3;1D3;. The molecule has 0 spiro atoms. The van der Waals surface area contributed by atoms with E-state index in [9.17, 15) is 0 Å². The molecule has 0 atom stereocenters. The van der Waals surface area contributed by atoms with Crippen LogP contribution in [-0.4, -0.2) is 15.0 Å². The maximum atomic E-state index is 8.19. The summed E-state index contributed by atoms with van der Waals surface area (Å²) in [4.78, 5) is 12.9. The van der Waals surface area contributed by atoms with Crippen LogP contribution in [0.3, 0.4) is 0 Å². The normalized spacial score (nSPS) is 14.8. The van der Waals surface area contributed by atoms with Crippen molar-refractivity contribution in [1.29, 1.82) is 0 Å². The number of benzene rings is 4. The molecule has 8 rings (SSSR count). The van der Waals surface area contributed by atoms with Gasteiger partial charge in [0.25, 0.3) is 0 Å². The number of aromatic nitrogens is 3. The van der Waals surface area contributed by atoms with Crippen LogP contribution in [0.4, 0.5) is 0 Å².